The average Bonchev–Trinajstić information content (AvgIpc) is 3.21. The van der Waals surface area contributed by atoms with E-state index in [0.29, 0.717) is 5.56 Å². The lowest BCUT2D eigenvalue weighted by atomic mass is 10.0. The highest BCUT2D eigenvalue weighted by molar-refractivity contribution is 9.10. The zero-order valence-corrected chi connectivity index (χ0v) is 12.0. The topological polar surface area (TPSA) is 29.1 Å². The highest BCUT2D eigenvalue weighted by atomic mass is 79.9. The van der Waals surface area contributed by atoms with E-state index >= 15 is 0 Å². The summed E-state index contributed by atoms with van der Waals surface area (Å²) in [4.78, 5) is 12.3. The predicted octanol–water partition coefficient (Wildman–Crippen LogP) is 3.87. The summed E-state index contributed by atoms with van der Waals surface area (Å²) < 4.78 is 0.921. The van der Waals surface area contributed by atoms with Gasteiger partial charge in [-0.1, -0.05) is 52.3 Å². The Morgan fingerprint density at radius 3 is 2.42 bits per heavy atom. The molecule has 2 aromatic rings. The van der Waals surface area contributed by atoms with Gasteiger partial charge in [0.2, 0.25) is 0 Å². The predicted molar refractivity (Wildman–Crippen MR) is 79.0 cm³/mol. The molecule has 0 spiro atoms. The van der Waals surface area contributed by atoms with Crippen molar-refractivity contribution in [2.24, 2.45) is 0 Å². The third kappa shape index (κ3) is 2.56. The lowest BCUT2D eigenvalue weighted by Gasteiger charge is -2.18. The van der Waals surface area contributed by atoms with E-state index in [1.54, 1.807) is 0 Å². The standard InChI is InChI=1S/C16H14BrNO/c17-14-8-4-5-12(11-14)15(19)18-16(9-10-16)13-6-2-1-3-7-13/h1-8,11H,9-10H2,(H,18,19). The van der Waals surface area contributed by atoms with Crippen molar-refractivity contribution in [1.82, 2.24) is 5.32 Å². The van der Waals surface area contributed by atoms with Crippen LogP contribution in [-0.4, -0.2) is 5.91 Å². The molecule has 0 aromatic heterocycles. The van der Waals surface area contributed by atoms with E-state index in [9.17, 15) is 4.79 Å². The van der Waals surface area contributed by atoms with Crippen LogP contribution in [0.2, 0.25) is 0 Å². The van der Waals surface area contributed by atoms with Gasteiger partial charge in [-0.15, -0.1) is 0 Å². The molecule has 3 rings (SSSR count). The fourth-order valence-corrected chi connectivity index (χ4v) is 2.69. The Balaban J connectivity index is 1.81. The SMILES string of the molecule is O=C(NC1(c2ccccc2)CC1)c1cccc(Br)c1. The van der Waals surface area contributed by atoms with Gasteiger partial charge in [0.15, 0.2) is 0 Å². The second-order valence-electron chi connectivity index (χ2n) is 4.91. The van der Waals surface area contributed by atoms with Crippen LogP contribution in [0.4, 0.5) is 0 Å². The first kappa shape index (κ1) is 12.4. The van der Waals surface area contributed by atoms with Crippen molar-refractivity contribution in [3.8, 4) is 0 Å². The monoisotopic (exact) mass is 315 g/mol. The first-order chi connectivity index (χ1) is 9.20. The molecule has 1 N–H and O–H groups in total. The molecule has 1 aliphatic carbocycles. The van der Waals surface area contributed by atoms with Gasteiger partial charge in [-0.2, -0.15) is 0 Å². The van der Waals surface area contributed by atoms with E-state index in [1.165, 1.54) is 5.56 Å². The highest BCUT2D eigenvalue weighted by Gasteiger charge is 2.45. The van der Waals surface area contributed by atoms with Gasteiger partial charge >= 0.3 is 0 Å². The molecule has 0 aliphatic heterocycles. The summed E-state index contributed by atoms with van der Waals surface area (Å²) in [6, 6.07) is 17.7. The Morgan fingerprint density at radius 2 is 1.79 bits per heavy atom. The number of nitrogens with one attached hydrogen (secondary N) is 1. The summed E-state index contributed by atoms with van der Waals surface area (Å²) >= 11 is 3.39. The summed E-state index contributed by atoms with van der Waals surface area (Å²) in [7, 11) is 0. The van der Waals surface area contributed by atoms with Gasteiger partial charge in [-0.25, -0.2) is 0 Å². The van der Waals surface area contributed by atoms with E-state index < -0.39 is 0 Å². The number of carbonyl (C=O) groups is 1. The van der Waals surface area contributed by atoms with Gasteiger partial charge in [0, 0.05) is 10.0 Å². The number of amides is 1. The number of rotatable bonds is 3. The van der Waals surface area contributed by atoms with Crippen LogP contribution in [0, 0.1) is 0 Å². The van der Waals surface area contributed by atoms with Crippen molar-refractivity contribution in [1.29, 1.82) is 0 Å². The van der Waals surface area contributed by atoms with Gasteiger partial charge in [-0.3, -0.25) is 4.79 Å². The zero-order valence-electron chi connectivity index (χ0n) is 10.4. The van der Waals surface area contributed by atoms with Gasteiger partial charge in [0.25, 0.3) is 5.91 Å². The molecule has 0 radical (unpaired) electrons. The highest BCUT2D eigenvalue weighted by Crippen LogP contribution is 2.45. The van der Waals surface area contributed by atoms with Gasteiger partial charge in [0.1, 0.15) is 0 Å². The summed E-state index contributed by atoms with van der Waals surface area (Å²) in [5.74, 6) is -0.0114. The number of carbonyl (C=O) groups excluding carboxylic acids is 1. The molecule has 1 fully saturated rings. The number of hydrogen-bond acceptors (Lipinski definition) is 1. The lowest BCUT2D eigenvalue weighted by molar-refractivity contribution is 0.0931. The molecule has 0 atom stereocenters. The summed E-state index contributed by atoms with van der Waals surface area (Å²) in [6.45, 7) is 0. The largest absolute Gasteiger partial charge is 0.343 e. The van der Waals surface area contributed by atoms with Crippen molar-refractivity contribution < 1.29 is 4.79 Å². The van der Waals surface area contributed by atoms with Crippen LogP contribution >= 0.6 is 15.9 Å². The molecule has 19 heavy (non-hydrogen) atoms. The van der Waals surface area contributed by atoms with Crippen LogP contribution < -0.4 is 5.32 Å². The molecule has 2 aromatic carbocycles. The lowest BCUT2D eigenvalue weighted by Crippen LogP contribution is -2.34. The molecule has 1 aliphatic rings. The quantitative estimate of drug-likeness (QED) is 0.915. The number of hydrogen-bond donors (Lipinski definition) is 1. The first-order valence-corrected chi connectivity index (χ1v) is 7.13. The number of halogens is 1. The maximum absolute atomic E-state index is 12.3. The Hall–Kier alpha value is -1.61. The molecule has 3 heteroatoms. The van der Waals surface area contributed by atoms with Gasteiger partial charge in [0.05, 0.1) is 5.54 Å². The van der Waals surface area contributed by atoms with Crippen molar-refractivity contribution in [3.63, 3.8) is 0 Å². The molecule has 1 amide bonds. The minimum Gasteiger partial charge on any atom is -0.343 e. The average molecular weight is 316 g/mol. The second kappa shape index (κ2) is 4.82. The van der Waals surface area contributed by atoms with Crippen molar-refractivity contribution in [3.05, 3.63) is 70.2 Å². The maximum Gasteiger partial charge on any atom is 0.252 e. The third-order valence-electron chi connectivity index (χ3n) is 3.52. The van der Waals surface area contributed by atoms with Crippen LogP contribution in [0.1, 0.15) is 28.8 Å². The molecule has 0 bridgehead atoms. The normalized spacial score (nSPS) is 15.8. The summed E-state index contributed by atoms with van der Waals surface area (Å²) in [6.07, 6.45) is 2.02. The molecular formula is C16H14BrNO. The molecule has 1 saturated carbocycles. The molecule has 2 nitrogen and oxygen atoms in total. The Bertz CT molecular complexity index is 605. The van der Waals surface area contributed by atoms with Crippen LogP contribution in [0.25, 0.3) is 0 Å². The smallest absolute Gasteiger partial charge is 0.252 e. The third-order valence-corrected chi connectivity index (χ3v) is 4.01. The van der Waals surface area contributed by atoms with E-state index in [2.05, 4.69) is 33.4 Å². The van der Waals surface area contributed by atoms with E-state index in [-0.39, 0.29) is 11.4 Å². The minimum absolute atomic E-state index is 0.0114. The van der Waals surface area contributed by atoms with Crippen LogP contribution in [0.15, 0.2) is 59.1 Å². The van der Waals surface area contributed by atoms with Crippen LogP contribution in [-0.2, 0) is 5.54 Å². The van der Waals surface area contributed by atoms with Crippen molar-refractivity contribution in [2.45, 2.75) is 18.4 Å². The summed E-state index contributed by atoms with van der Waals surface area (Å²) in [5, 5.41) is 3.17. The van der Waals surface area contributed by atoms with Crippen LogP contribution in [0.3, 0.4) is 0 Å². The zero-order chi connectivity index (χ0) is 13.3. The molecule has 0 heterocycles. The number of benzene rings is 2. The summed E-state index contributed by atoms with van der Waals surface area (Å²) in [5.41, 5.74) is 1.73. The van der Waals surface area contributed by atoms with Crippen molar-refractivity contribution in [2.75, 3.05) is 0 Å². The second-order valence-corrected chi connectivity index (χ2v) is 5.83. The maximum atomic E-state index is 12.3. The first-order valence-electron chi connectivity index (χ1n) is 6.33. The van der Waals surface area contributed by atoms with E-state index in [4.69, 9.17) is 0 Å². The molecule has 96 valence electrons. The molecule has 0 unspecified atom stereocenters. The van der Waals surface area contributed by atoms with E-state index in [1.807, 2.05) is 42.5 Å². The minimum atomic E-state index is -0.152. The van der Waals surface area contributed by atoms with Crippen molar-refractivity contribution >= 4 is 21.8 Å². The van der Waals surface area contributed by atoms with Crippen LogP contribution in [0.5, 0.6) is 0 Å². The fraction of sp³-hybridized carbons (Fsp3) is 0.188. The Labute approximate surface area is 121 Å². The van der Waals surface area contributed by atoms with Gasteiger partial charge in [-0.05, 0) is 36.6 Å². The molecular weight excluding hydrogens is 302 g/mol. The van der Waals surface area contributed by atoms with Gasteiger partial charge < -0.3 is 5.32 Å². The molecule has 0 saturated heterocycles. The Morgan fingerprint density at radius 1 is 1.05 bits per heavy atom. The fourth-order valence-electron chi connectivity index (χ4n) is 2.29. The van der Waals surface area contributed by atoms with E-state index in [0.717, 1.165) is 17.3 Å². The Kier molecular flexibility index (Phi) is 3.15.